The lowest BCUT2D eigenvalue weighted by atomic mass is 9.78. The monoisotopic (exact) mass is 297 g/mol. The highest BCUT2D eigenvalue weighted by molar-refractivity contribution is 6.33. The molecule has 1 aliphatic heterocycles. The molecule has 2 aliphatic rings. The van der Waals surface area contributed by atoms with Crippen molar-refractivity contribution in [2.24, 2.45) is 5.92 Å². The van der Waals surface area contributed by atoms with Gasteiger partial charge in [-0.05, 0) is 49.3 Å². The average molecular weight is 298 g/mol. The Bertz CT molecular complexity index is 444. The number of piperidine rings is 1. The van der Waals surface area contributed by atoms with E-state index in [2.05, 4.69) is 17.0 Å². The van der Waals surface area contributed by atoms with E-state index < -0.39 is 0 Å². The molecular weight excluding hydrogens is 277 g/mol. The summed E-state index contributed by atoms with van der Waals surface area (Å²) >= 11 is 12.3. The zero-order chi connectivity index (χ0) is 13.2. The molecule has 2 fully saturated rings. The van der Waals surface area contributed by atoms with Crippen LogP contribution in [0.2, 0.25) is 5.02 Å². The fourth-order valence-corrected chi connectivity index (χ4v) is 4.27. The molecule has 0 amide bonds. The fourth-order valence-electron chi connectivity index (χ4n) is 3.79. The summed E-state index contributed by atoms with van der Waals surface area (Å²) in [4.78, 5) is 2.56. The van der Waals surface area contributed by atoms with Crippen LogP contribution in [0.4, 0.5) is 5.69 Å². The molecule has 0 unspecified atom stereocenters. The van der Waals surface area contributed by atoms with Gasteiger partial charge < -0.3 is 4.90 Å². The molecule has 1 aliphatic carbocycles. The van der Waals surface area contributed by atoms with Gasteiger partial charge in [0.25, 0.3) is 0 Å². The highest BCUT2D eigenvalue weighted by Crippen LogP contribution is 2.40. The van der Waals surface area contributed by atoms with Crippen molar-refractivity contribution in [2.75, 3.05) is 11.4 Å². The summed E-state index contributed by atoms with van der Waals surface area (Å²) in [6.07, 6.45) is 8.22. The van der Waals surface area contributed by atoms with Crippen LogP contribution in [0.1, 0.15) is 44.1 Å². The maximum Gasteiger partial charge on any atom is 0.0642 e. The fraction of sp³-hybridized carbons (Fsp3) is 0.625. The lowest BCUT2D eigenvalue weighted by Crippen LogP contribution is -2.47. The van der Waals surface area contributed by atoms with Crippen molar-refractivity contribution in [3.05, 3.63) is 28.8 Å². The smallest absolute Gasteiger partial charge is 0.0642 e. The van der Waals surface area contributed by atoms with Gasteiger partial charge in [-0.1, -0.05) is 30.5 Å². The first-order chi connectivity index (χ1) is 9.29. The van der Waals surface area contributed by atoms with Crippen molar-refractivity contribution in [3.63, 3.8) is 0 Å². The van der Waals surface area contributed by atoms with Gasteiger partial charge in [0.15, 0.2) is 0 Å². The van der Waals surface area contributed by atoms with Crippen molar-refractivity contribution >= 4 is 28.9 Å². The molecule has 2 atom stereocenters. The van der Waals surface area contributed by atoms with Crippen molar-refractivity contribution in [3.8, 4) is 0 Å². The summed E-state index contributed by atoms with van der Waals surface area (Å²) < 4.78 is 0. The number of anilines is 1. The lowest BCUT2D eigenvalue weighted by Gasteiger charge is -2.45. The van der Waals surface area contributed by atoms with Gasteiger partial charge in [-0.15, -0.1) is 11.6 Å². The largest absolute Gasteiger partial charge is 0.367 e. The minimum absolute atomic E-state index is 0.534. The molecule has 0 N–H and O–H groups in total. The Labute approximate surface area is 125 Å². The number of hydrogen-bond acceptors (Lipinski definition) is 1. The molecular formula is C16H21Cl2N. The first-order valence-electron chi connectivity index (χ1n) is 7.40. The maximum absolute atomic E-state index is 6.47. The van der Waals surface area contributed by atoms with Crippen LogP contribution in [0.25, 0.3) is 0 Å². The summed E-state index contributed by atoms with van der Waals surface area (Å²) in [7, 11) is 0. The summed E-state index contributed by atoms with van der Waals surface area (Å²) in [5.74, 6) is 1.41. The zero-order valence-electron chi connectivity index (χ0n) is 11.2. The Balaban J connectivity index is 1.87. The third kappa shape index (κ3) is 2.73. The summed E-state index contributed by atoms with van der Waals surface area (Å²) in [6.45, 7) is 1.15. The molecule has 3 heteroatoms. The summed E-state index contributed by atoms with van der Waals surface area (Å²) in [5.41, 5.74) is 2.32. The zero-order valence-corrected chi connectivity index (χ0v) is 12.8. The van der Waals surface area contributed by atoms with Gasteiger partial charge in [-0.25, -0.2) is 0 Å². The SMILES string of the molecule is ClCc1ccc(N2CCC[C@H]3CCCC[C@H]32)c(Cl)c1. The number of benzene rings is 1. The van der Waals surface area contributed by atoms with Crippen LogP contribution in [0.5, 0.6) is 0 Å². The van der Waals surface area contributed by atoms with E-state index in [4.69, 9.17) is 23.2 Å². The van der Waals surface area contributed by atoms with Gasteiger partial charge in [0.1, 0.15) is 0 Å². The Hall–Kier alpha value is -0.400. The topological polar surface area (TPSA) is 3.24 Å². The summed E-state index contributed by atoms with van der Waals surface area (Å²) in [6, 6.07) is 7.01. The Morgan fingerprint density at radius 1 is 1.11 bits per heavy atom. The highest BCUT2D eigenvalue weighted by Gasteiger charge is 2.33. The van der Waals surface area contributed by atoms with Gasteiger partial charge in [-0.2, -0.15) is 0 Å². The molecule has 1 aromatic rings. The lowest BCUT2D eigenvalue weighted by molar-refractivity contribution is 0.244. The second kappa shape index (κ2) is 5.93. The third-order valence-electron chi connectivity index (χ3n) is 4.72. The number of hydrogen-bond donors (Lipinski definition) is 0. The minimum Gasteiger partial charge on any atom is -0.367 e. The maximum atomic E-state index is 6.47. The first-order valence-corrected chi connectivity index (χ1v) is 8.32. The predicted octanol–water partition coefficient (Wildman–Crippen LogP) is 5.24. The van der Waals surface area contributed by atoms with E-state index in [1.165, 1.54) is 44.2 Å². The number of alkyl halides is 1. The highest BCUT2D eigenvalue weighted by atomic mass is 35.5. The molecule has 0 radical (unpaired) electrons. The molecule has 0 bridgehead atoms. The van der Waals surface area contributed by atoms with E-state index in [9.17, 15) is 0 Å². The predicted molar refractivity (Wildman–Crippen MR) is 83.3 cm³/mol. The van der Waals surface area contributed by atoms with E-state index in [0.717, 1.165) is 23.0 Å². The van der Waals surface area contributed by atoms with E-state index >= 15 is 0 Å². The van der Waals surface area contributed by atoms with Gasteiger partial charge in [0.2, 0.25) is 0 Å². The van der Waals surface area contributed by atoms with Crippen molar-refractivity contribution < 1.29 is 0 Å². The van der Waals surface area contributed by atoms with Crippen LogP contribution in [-0.2, 0) is 5.88 Å². The first kappa shape index (κ1) is 13.6. The molecule has 0 spiro atoms. The van der Waals surface area contributed by atoms with Crippen LogP contribution >= 0.6 is 23.2 Å². The van der Waals surface area contributed by atoms with Gasteiger partial charge >= 0.3 is 0 Å². The number of rotatable bonds is 2. The van der Waals surface area contributed by atoms with Crippen molar-refractivity contribution in [1.82, 2.24) is 0 Å². The minimum atomic E-state index is 0.534. The molecule has 104 valence electrons. The quantitative estimate of drug-likeness (QED) is 0.675. The van der Waals surface area contributed by atoms with Crippen LogP contribution < -0.4 is 4.90 Å². The van der Waals surface area contributed by atoms with E-state index in [0.29, 0.717) is 11.9 Å². The Morgan fingerprint density at radius 2 is 1.89 bits per heavy atom. The number of fused-ring (bicyclic) bond motifs is 1. The van der Waals surface area contributed by atoms with Crippen molar-refractivity contribution in [1.29, 1.82) is 0 Å². The molecule has 1 nitrogen and oxygen atoms in total. The average Bonchev–Trinajstić information content (AvgIpc) is 2.46. The summed E-state index contributed by atoms with van der Waals surface area (Å²) in [5, 5.41) is 0.865. The van der Waals surface area contributed by atoms with Crippen LogP contribution in [0.3, 0.4) is 0 Å². The third-order valence-corrected chi connectivity index (χ3v) is 5.33. The standard InChI is InChI=1S/C16H21Cl2N/c17-11-12-7-8-16(14(18)10-12)19-9-3-5-13-4-1-2-6-15(13)19/h7-8,10,13,15H,1-6,9,11H2/t13-,15-/m1/s1. The molecule has 1 heterocycles. The van der Waals surface area contributed by atoms with Crippen molar-refractivity contribution in [2.45, 2.75) is 50.4 Å². The van der Waals surface area contributed by atoms with Crippen LogP contribution in [0.15, 0.2) is 18.2 Å². The van der Waals surface area contributed by atoms with Crippen LogP contribution in [0, 0.1) is 5.92 Å². The second-order valence-corrected chi connectivity index (χ2v) is 6.54. The molecule has 0 aromatic heterocycles. The van der Waals surface area contributed by atoms with Crippen LogP contribution in [-0.4, -0.2) is 12.6 Å². The Morgan fingerprint density at radius 3 is 2.68 bits per heavy atom. The van der Waals surface area contributed by atoms with E-state index in [-0.39, 0.29) is 0 Å². The number of nitrogens with zero attached hydrogens (tertiary/aromatic N) is 1. The Kier molecular flexibility index (Phi) is 4.24. The van der Waals surface area contributed by atoms with Gasteiger partial charge in [0, 0.05) is 18.5 Å². The van der Waals surface area contributed by atoms with E-state index in [1.54, 1.807) is 0 Å². The molecule has 19 heavy (non-hydrogen) atoms. The molecule has 1 aromatic carbocycles. The normalized spacial score (nSPS) is 27.2. The van der Waals surface area contributed by atoms with E-state index in [1.807, 2.05) is 6.07 Å². The van der Waals surface area contributed by atoms with Gasteiger partial charge in [0.05, 0.1) is 10.7 Å². The molecule has 1 saturated carbocycles. The second-order valence-electron chi connectivity index (χ2n) is 5.87. The molecule has 1 saturated heterocycles. The number of halogens is 2. The van der Waals surface area contributed by atoms with Gasteiger partial charge in [-0.3, -0.25) is 0 Å². The molecule has 3 rings (SSSR count).